The SMILES string of the molecule is Cc1ccccc1CSCC(=O)c1c(N)n(Cc2ccccc2)c(=O)n(C)c1=O. The molecular weight excluding hydrogens is 386 g/mol. The Hall–Kier alpha value is -3.06. The number of aryl methyl sites for hydroxylation is 1. The summed E-state index contributed by atoms with van der Waals surface area (Å²) in [5, 5.41) is 0. The van der Waals surface area contributed by atoms with Crippen molar-refractivity contribution >= 4 is 23.4 Å². The molecule has 2 aromatic carbocycles. The fraction of sp³-hybridized carbons (Fsp3) is 0.227. The molecule has 0 fully saturated rings. The molecule has 7 heteroatoms. The number of carbonyl (C=O) groups is 1. The van der Waals surface area contributed by atoms with Gasteiger partial charge in [0.15, 0.2) is 5.78 Å². The van der Waals surface area contributed by atoms with E-state index in [4.69, 9.17) is 5.73 Å². The third-order valence-corrected chi connectivity index (χ3v) is 5.78. The van der Waals surface area contributed by atoms with Crippen molar-refractivity contribution in [2.24, 2.45) is 7.05 Å². The molecule has 0 amide bonds. The first-order chi connectivity index (χ1) is 13.9. The molecule has 0 atom stereocenters. The number of nitrogens with two attached hydrogens (primary N) is 1. The third-order valence-electron chi connectivity index (χ3n) is 4.80. The molecule has 1 heterocycles. The van der Waals surface area contributed by atoms with Crippen molar-refractivity contribution in [3.8, 4) is 0 Å². The largest absolute Gasteiger partial charge is 0.384 e. The summed E-state index contributed by atoms with van der Waals surface area (Å²) < 4.78 is 2.22. The van der Waals surface area contributed by atoms with Crippen LogP contribution in [0.5, 0.6) is 0 Å². The van der Waals surface area contributed by atoms with Crippen molar-refractivity contribution in [1.29, 1.82) is 0 Å². The van der Waals surface area contributed by atoms with Gasteiger partial charge in [-0.05, 0) is 23.6 Å². The highest BCUT2D eigenvalue weighted by Gasteiger charge is 2.21. The molecule has 0 saturated carbocycles. The first-order valence-electron chi connectivity index (χ1n) is 9.18. The topological polar surface area (TPSA) is 87.1 Å². The summed E-state index contributed by atoms with van der Waals surface area (Å²) in [6.45, 7) is 2.21. The lowest BCUT2D eigenvalue weighted by atomic mass is 10.1. The Morgan fingerprint density at radius 1 is 1.03 bits per heavy atom. The molecular formula is C22H23N3O3S. The Kier molecular flexibility index (Phi) is 6.39. The zero-order valence-corrected chi connectivity index (χ0v) is 17.2. The second-order valence-corrected chi connectivity index (χ2v) is 7.81. The van der Waals surface area contributed by atoms with Crippen LogP contribution in [-0.2, 0) is 19.3 Å². The van der Waals surface area contributed by atoms with Crippen molar-refractivity contribution in [3.63, 3.8) is 0 Å². The van der Waals surface area contributed by atoms with Gasteiger partial charge < -0.3 is 5.73 Å². The monoisotopic (exact) mass is 409 g/mol. The number of nitrogens with zero attached hydrogens (tertiary/aromatic N) is 2. The number of rotatable bonds is 7. The van der Waals surface area contributed by atoms with E-state index in [9.17, 15) is 14.4 Å². The van der Waals surface area contributed by atoms with Crippen LogP contribution in [-0.4, -0.2) is 20.7 Å². The number of nitrogen functional groups attached to an aromatic ring is 1. The van der Waals surface area contributed by atoms with Crippen molar-refractivity contribution in [2.75, 3.05) is 11.5 Å². The number of hydrogen-bond donors (Lipinski definition) is 1. The first kappa shape index (κ1) is 20.7. The summed E-state index contributed by atoms with van der Waals surface area (Å²) in [5.41, 5.74) is 7.95. The predicted octanol–water partition coefficient (Wildman–Crippen LogP) is 2.60. The van der Waals surface area contributed by atoms with E-state index in [1.807, 2.05) is 61.5 Å². The van der Waals surface area contributed by atoms with Crippen LogP contribution < -0.4 is 17.0 Å². The van der Waals surface area contributed by atoms with Gasteiger partial charge in [-0.15, -0.1) is 11.8 Å². The molecule has 0 radical (unpaired) electrons. The average molecular weight is 410 g/mol. The van der Waals surface area contributed by atoms with E-state index in [0.717, 1.165) is 21.3 Å². The third kappa shape index (κ3) is 4.51. The quantitative estimate of drug-likeness (QED) is 0.606. The second kappa shape index (κ2) is 8.96. The fourth-order valence-corrected chi connectivity index (χ4v) is 4.04. The van der Waals surface area contributed by atoms with Gasteiger partial charge >= 0.3 is 5.69 Å². The molecule has 2 N–H and O–H groups in total. The molecule has 150 valence electrons. The summed E-state index contributed by atoms with van der Waals surface area (Å²) in [6, 6.07) is 17.3. The molecule has 1 aromatic heterocycles. The van der Waals surface area contributed by atoms with E-state index in [1.165, 1.54) is 23.4 Å². The lowest BCUT2D eigenvalue weighted by Gasteiger charge is -2.14. The molecule has 3 aromatic rings. The van der Waals surface area contributed by atoms with E-state index < -0.39 is 11.2 Å². The number of aromatic nitrogens is 2. The van der Waals surface area contributed by atoms with Gasteiger partial charge in [0, 0.05) is 12.8 Å². The minimum atomic E-state index is -0.654. The maximum absolute atomic E-state index is 12.8. The van der Waals surface area contributed by atoms with Gasteiger partial charge in [-0.25, -0.2) is 4.79 Å². The van der Waals surface area contributed by atoms with Crippen LogP contribution >= 0.6 is 11.8 Å². The van der Waals surface area contributed by atoms with Gasteiger partial charge in [-0.3, -0.25) is 18.7 Å². The maximum Gasteiger partial charge on any atom is 0.332 e. The van der Waals surface area contributed by atoms with Crippen LogP contribution in [0.3, 0.4) is 0 Å². The predicted molar refractivity (Wildman–Crippen MR) is 118 cm³/mol. The molecule has 29 heavy (non-hydrogen) atoms. The van der Waals surface area contributed by atoms with Gasteiger partial charge in [-0.1, -0.05) is 54.6 Å². The number of thioether (sulfide) groups is 1. The zero-order valence-electron chi connectivity index (χ0n) is 16.4. The molecule has 0 spiro atoms. The van der Waals surface area contributed by atoms with Crippen molar-refractivity contribution in [3.05, 3.63) is 97.7 Å². The van der Waals surface area contributed by atoms with Crippen LogP contribution in [0.1, 0.15) is 27.0 Å². The number of ketones is 1. The summed E-state index contributed by atoms with van der Waals surface area (Å²) >= 11 is 1.42. The number of anilines is 1. The number of hydrogen-bond acceptors (Lipinski definition) is 5. The van der Waals surface area contributed by atoms with E-state index in [2.05, 4.69) is 0 Å². The summed E-state index contributed by atoms with van der Waals surface area (Å²) in [7, 11) is 1.36. The molecule has 0 aliphatic rings. The van der Waals surface area contributed by atoms with Gasteiger partial charge in [0.25, 0.3) is 5.56 Å². The Morgan fingerprint density at radius 3 is 2.38 bits per heavy atom. The summed E-state index contributed by atoms with van der Waals surface area (Å²) in [5.74, 6) is 0.312. The molecule has 0 saturated heterocycles. The smallest absolute Gasteiger partial charge is 0.332 e. The Morgan fingerprint density at radius 2 is 1.69 bits per heavy atom. The molecule has 0 unspecified atom stereocenters. The van der Waals surface area contributed by atoms with Crippen LogP contribution in [0.25, 0.3) is 0 Å². The molecule has 6 nitrogen and oxygen atoms in total. The fourth-order valence-electron chi connectivity index (χ4n) is 3.06. The Labute approximate surface area is 173 Å². The van der Waals surface area contributed by atoms with Crippen LogP contribution in [0.4, 0.5) is 5.82 Å². The maximum atomic E-state index is 12.8. The van der Waals surface area contributed by atoms with Crippen LogP contribution in [0.2, 0.25) is 0 Å². The van der Waals surface area contributed by atoms with Crippen molar-refractivity contribution in [2.45, 2.75) is 19.2 Å². The Bertz CT molecular complexity index is 1150. The van der Waals surface area contributed by atoms with Gasteiger partial charge in [0.1, 0.15) is 11.4 Å². The van der Waals surface area contributed by atoms with Crippen LogP contribution in [0.15, 0.2) is 64.2 Å². The number of Topliss-reactive ketones (excluding diaryl/α,β-unsaturated/α-hetero) is 1. The minimum Gasteiger partial charge on any atom is -0.384 e. The zero-order chi connectivity index (χ0) is 21.0. The molecule has 0 aliphatic carbocycles. The standard InChI is InChI=1S/C22H23N3O3S/c1-15-8-6-7-11-17(15)13-29-14-18(26)19-20(23)25(22(28)24(2)21(19)27)12-16-9-4-3-5-10-16/h3-11H,12-14,23H2,1-2H3. The highest BCUT2D eigenvalue weighted by molar-refractivity contribution is 7.99. The van der Waals surface area contributed by atoms with E-state index in [0.29, 0.717) is 5.75 Å². The first-order valence-corrected chi connectivity index (χ1v) is 10.3. The summed E-state index contributed by atoms with van der Waals surface area (Å²) in [6.07, 6.45) is 0. The number of benzene rings is 2. The lowest BCUT2D eigenvalue weighted by Crippen LogP contribution is -2.43. The van der Waals surface area contributed by atoms with Crippen molar-refractivity contribution < 1.29 is 4.79 Å². The van der Waals surface area contributed by atoms with Crippen molar-refractivity contribution in [1.82, 2.24) is 9.13 Å². The Balaban J connectivity index is 1.86. The highest BCUT2D eigenvalue weighted by atomic mass is 32.2. The average Bonchev–Trinajstić information content (AvgIpc) is 2.72. The van der Waals surface area contributed by atoms with Gasteiger partial charge in [-0.2, -0.15) is 0 Å². The summed E-state index contributed by atoms with van der Waals surface area (Å²) in [4.78, 5) is 37.9. The van der Waals surface area contributed by atoms with E-state index in [1.54, 1.807) is 0 Å². The van der Waals surface area contributed by atoms with Gasteiger partial charge in [0.05, 0.1) is 12.3 Å². The highest BCUT2D eigenvalue weighted by Crippen LogP contribution is 2.18. The lowest BCUT2D eigenvalue weighted by molar-refractivity contribution is 0.102. The van der Waals surface area contributed by atoms with Gasteiger partial charge in [0.2, 0.25) is 0 Å². The molecule has 3 rings (SSSR count). The minimum absolute atomic E-state index is 0.0801. The van der Waals surface area contributed by atoms with E-state index in [-0.39, 0.29) is 29.5 Å². The van der Waals surface area contributed by atoms with E-state index >= 15 is 0 Å². The normalized spacial score (nSPS) is 10.8. The number of carbonyl (C=O) groups excluding carboxylic acids is 1. The molecule has 0 aliphatic heterocycles. The van der Waals surface area contributed by atoms with Crippen LogP contribution in [0, 0.1) is 6.92 Å². The second-order valence-electron chi connectivity index (χ2n) is 6.82. The molecule has 0 bridgehead atoms.